The van der Waals surface area contributed by atoms with Crippen LogP contribution in [0.5, 0.6) is 0 Å². The molecule has 0 aliphatic heterocycles. The van der Waals surface area contributed by atoms with E-state index in [9.17, 15) is 14.4 Å². The summed E-state index contributed by atoms with van der Waals surface area (Å²) in [4.78, 5) is 40.4. The van der Waals surface area contributed by atoms with Crippen LogP contribution in [0.4, 0.5) is 0 Å². The van der Waals surface area contributed by atoms with Gasteiger partial charge in [0.05, 0.1) is 25.7 Å². The highest BCUT2D eigenvalue weighted by atomic mass is 16.5. The average molecular weight is 850 g/mol. The molecule has 0 aromatic rings. The predicted molar refractivity (Wildman–Crippen MR) is 255 cm³/mol. The molecule has 0 unspecified atom stereocenters. The zero-order valence-electron chi connectivity index (χ0n) is 41.1. The van der Waals surface area contributed by atoms with Gasteiger partial charge >= 0.3 is 17.9 Å². The van der Waals surface area contributed by atoms with E-state index < -0.39 is 0 Å². The molecule has 0 amide bonds. The van der Waals surface area contributed by atoms with Crippen molar-refractivity contribution in [2.24, 2.45) is 17.8 Å². The molecule has 0 bridgehead atoms. The summed E-state index contributed by atoms with van der Waals surface area (Å²) in [5.41, 5.74) is 0. The summed E-state index contributed by atoms with van der Waals surface area (Å²) in [5.74, 6) is 1.32. The fourth-order valence-corrected chi connectivity index (χ4v) is 8.65. The molecule has 0 radical (unpaired) electrons. The van der Waals surface area contributed by atoms with Crippen molar-refractivity contribution in [3.63, 3.8) is 0 Å². The van der Waals surface area contributed by atoms with Crippen LogP contribution < -0.4 is 0 Å². The first-order valence-electron chi connectivity index (χ1n) is 26.5. The number of nitrogens with zero attached hydrogens (tertiary/aromatic N) is 1. The lowest BCUT2D eigenvalue weighted by Gasteiger charge is -2.19. The van der Waals surface area contributed by atoms with E-state index in [0.717, 1.165) is 129 Å². The van der Waals surface area contributed by atoms with E-state index in [4.69, 9.17) is 14.2 Å². The highest BCUT2D eigenvalue weighted by molar-refractivity contribution is 5.72. The van der Waals surface area contributed by atoms with Gasteiger partial charge in [-0.2, -0.15) is 0 Å². The van der Waals surface area contributed by atoms with E-state index in [0.29, 0.717) is 44.5 Å². The molecular weight excluding hydrogens is 747 g/mol. The third kappa shape index (κ3) is 38.1. The Bertz CT molecular complexity index is 860. The molecule has 0 heterocycles. The Hall–Kier alpha value is -1.63. The molecule has 0 N–H and O–H groups in total. The van der Waals surface area contributed by atoms with Gasteiger partial charge in [-0.1, -0.05) is 208 Å². The van der Waals surface area contributed by atoms with Gasteiger partial charge in [-0.3, -0.25) is 14.4 Å². The molecule has 0 atom stereocenters. The number of hydrogen-bond acceptors (Lipinski definition) is 7. The summed E-state index contributed by atoms with van der Waals surface area (Å²) in [5, 5.41) is 0. The third-order valence-electron chi connectivity index (χ3n) is 12.9. The summed E-state index contributed by atoms with van der Waals surface area (Å²) in [6.45, 7) is 18.1. The summed E-state index contributed by atoms with van der Waals surface area (Å²) in [7, 11) is 0. The van der Waals surface area contributed by atoms with Crippen molar-refractivity contribution in [2.75, 3.05) is 39.5 Å². The highest BCUT2D eigenvalue weighted by Gasteiger charge is 2.20. The zero-order chi connectivity index (χ0) is 44.2. The van der Waals surface area contributed by atoms with Crippen molar-refractivity contribution in [3.8, 4) is 0 Å². The molecule has 60 heavy (non-hydrogen) atoms. The minimum absolute atomic E-state index is 0.00643. The molecule has 0 saturated heterocycles. The summed E-state index contributed by atoms with van der Waals surface area (Å²) < 4.78 is 17.1. The van der Waals surface area contributed by atoms with Crippen LogP contribution in [-0.2, 0) is 28.6 Å². The number of carbonyl (C=O) groups is 3. The van der Waals surface area contributed by atoms with Crippen LogP contribution in [0.1, 0.15) is 266 Å². The number of ether oxygens (including phenoxy) is 3. The smallest absolute Gasteiger partial charge is 0.308 e. The molecule has 0 aliphatic rings. The molecule has 0 aromatic heterocycles. The number of carbonyl (C=O) groups excluding carboxylic acids is 3. The maximum absolute atomic E-state index is 13.2. The van der Waals surface area contributed by atoms with Gasteiger partial charge in [0.2, 0.25) is 0 Å². The minimum Gasteiger partial charge on any atom is -0.466 e. The maximum Gasteiger partial charge on any atom is 0.308 e. The lowest BCUT2D eigenvalue weighted by Crippen LogP contribution is -2.26. The van der Waals surface area contributed by atoms with Gasteiger partial charge in [0, 0.05) is 19.4 Å². The SMILES string of the molecule is CCCCCC(CCCCC)CCOC(=O)CCCCCCCCC(CCCCCCCCC(=O)OCCC(CCCCC)CCCCC)C(=O)OCCCN(CC)CC. The Morgan fingerprint density at radius 1 is 0.367 bits per heavy atom. The number of unbranched alkanes of at least 4 members (excludes halogenated alkanes) is 18. The van der Waals surface area contributed by atoms with Crippen molar-refractivity contribution in [1.29, 1.82) is 0 Å². The predicted octanol–water partition coefficient (Wildman–Crippen LogP) is 15.5. The van der Waals surface area contributed by atoms with Crippen molar-refractivity contribution in [2.45, 2.75) is 266 Å². The van der Waals surface area contributed by atoms with Gasteiger partial charge in [0.25, 0.3) is 0 Å². The molecule has 0 rings (SSSR count). The first-order valence-corrected chi connectivity index (χ1v) is 26.5. The summed E-state index contributed by atoms with van der Waals surface area (Å²) in [6.07, 6.45) is 39.1. The first-order chi connectivity index (χ1) is 29.3. The first kappa shape index (κ1) is 58.4. The van der Waals surface area contributed by atoms with Crippen LogP contribution in [0, 0.1) is 17.8 Å². The van der Waals surface area contributed by atoms with Crippen LogP contribution in [0.2, 0.25) is 0 Å². The number of rotatable bonds is 47. The largest absolute Gasteiger partial charge is 0.466 e. The van der Waals surface area contributed by atoms with Crippen LogP contribution in [0.15, 0.2) is 0 Å². The topological polar surface area (TPSA) is 82.1 Å². The molecule has 0 aromatic carbocycles. The van der Waals surface area contributed by atoms with Crippen molar-refractivity contribution < 1.29 is 28.6 Å². The monoisotopic (exact) mass is 850 g/mol. The molecule has 0 saturated carbocycles. The fraction of sp³-hybridized carbons (Fsp3) is 0.943. The molecule has 0 fully saturated rings. The maximum atomic E-state index is 13.2. The van der Waals surface area contributed by atoms with Gasteiger partial charge in [0.1, 0.15) is 0 Å². The lowest BCUT2D eigenvalue weighted by molar-refractivity contribution is -0.149. The van der Waals surface area contributed by atoms with Crippen LogP contribution >= 0.6 is 0 Å². The Labute approximate surface area is 373 Å². The van der Waals surface area contributed by atoms with Crippen LogP contribution in [0.3, 0.4) is 0 Å². The Balaban J connectivity index is 4.40. The van der Waals surface area contributed by atoms with Crippen molar-refractivity contribution >= 4 is 17.9 Å². The van der Waals surface area contributed by atoms with Crippen molar-refractivity contribution in [1.82, 2.24) is 4.90 Å². The molecule has 7 nitrogen and oxygen atoms in total. The lowest BCUT2D eigenvalue weighted by atomic mass is 9.92. The quantitative estimate of drug-likeness (QED) is 0.0343. The Morgan fingerprint density at radius 3 is 1.08 bits per heavy atom. The standard InChI is InChI=1S/C53H103NO6/c1-7-13-25-34-48(35-26-14-8-2)42-46-58-51(55)40-31-23-19-17-21-29-38-50(53(57)60-45-33-44-54(11-5)12-6)39-30-22-18-20-24-32-41-52(56)59-47-43-49(36-27-15-9-3)37-28-16-10-4/h48-50H,7-47H2,1-6H3. The molecule has 7 heteroatoms. The number of esters is 3. The van der Waals surface area contributed by atoms with Crippen LogP contribution in [0.25, 0.3) is 0 Å². The number of hydrogen-bond donors (Lipinski definition) is 0. The summed E-state index contributed by atoms with van der Waals surface area (Å²) in [6, 6.07) is 0. The van der Waals surface area contributed by atoms with Gasteiger partial charge in [-0.05, 0) is 69.9 Å². The minimum atomic E-state index is -0.0286. The molecule has 356 valence electrons. The van der Waals surface area contributed by atoms with E-state index in [1.165, 1.54) is 103 Å². The molecule has 0 aliphatic carbocycles. The second-order valence-electron chi connectivity index (χ2n) is 18.3. The van der Waals surface area contributed by atoms with Crippen molar-refractivity contribution in [3.05, 3.63) is 0 Å². The van der Waals surface area contributed by atoms with Gasteiger partial charge in [-0.15, -0.1) is 0 Å². The summed E-state index contributed by atoms with van der Waals surface area (Å²) >= 11 is 0. The van der Waals surface area contributed by atoms with E-state index >= 15 is 0 Å². The normalized spacial score (nSPS) is 11.7. The second-order valence-corrected chi connectivity index (χ2v) is 18.3. The second kappa shape index (κ2) is 45.4. The Morgan fingerprint density at radius 2 is 0.717 bits per heavy atom. The fourth-order valence-electron chi connectivity index (χ4n) is 8.65. The van der Waals surface area contributed by atoms with E-state index in [1.807, 2.05) is 0 Å². The van der Waals surface area contributed by atoms with Gasteiger partial charge in [-0.25, -0.2) is 0 Å². The van der Waals surface area contributed by atoms with Crippen LogP contribution in [-0.4, -0.2) is 62.3 Å². The third-order valence-corrected chi connectivity index (χ3v) is 12.9. The van der Waals surface area contributed by atoms with E-state index in [1.54, 1.807) is 0 Å². The zero-order valence-corrected chi connectivity index (χ0v) is 41.1. The van der Waals surface area contributed by atoms with E-state index in [-0.39, 0.29) is 23.8 Å². The molecular formula is C53H103NO6. The van der Waals surface area contributed by atoms with Gasteiger partial charge < -0.3 is 19.1 Å². The van der Waals surface area contributed by atoms with E-state index in [2.05, 4.69) is 46.4 Å². The highest BCUT2D eigenvalue weighted by Crippen LogP contribution is 2.24. The average Bonchev–Trinajstić information content (AvgIpc) is 3.24. The van der Waals surface area contributed by atoms with Gasteiger partial charge in [0.15, 0.2) is 0 Å². The molecule has 0 spiro atoms. The Kier molecular flexibility index (Phi) is 44.2.